The van der Waals surface area contributed by atoms with Gasteiger partial charge in [-0.2, -0.15) is 0 Å². The van der Waals surface area contributed by atoms with Crippen LogP contribution in [0.25, 0.3) is 11.5 Å². The summed E-state index contributed by atoms with van der Waals surface area (Å²) in [6, 6.07) is 5.65. The summed E-state index contributed by atoms with van der Waals surface area (Å²) in [5.74, 6) is 0.664. The summed E-state index contributed by atoms with van der Waals surface area (Å²) in [4.78, 5) is 4.24. The first kappa shape index (κ1) is 12.4. The highest BCUT2D eigenvalue weighted by Gasteiger charge is 2.08. The van der Waals surface area contributed by atoms with Crippen molar-refractivity contribution in [1.29, 1.82) is 0 Å². The summed E-state index contributed by atoms with van der Waals surface area (Å²) in [6.45, 7) is 3.23. The Labute approximate surface area is 105 Å². The lowest BCUT2D eigenvalue weighted by atomic mass is 10.3. The molecule has 0 spiro atoms. The fourth-order valence-corrected chi connectivity index (χ4v) is 1.53. The lowest BCUT2D eigenvalue weighted by Gasteiger charge is -2.02. The van der Waals surface area contributed by atoms with Crippen molar-refractivity contribution in [3.8, 4) is 11.5 Å². The van der Waals surface area contributed by atoms with E-state index in [0.717, 1.165) is 11.3 Å². The van der Waals surface area contributed by atoms with E-state index in [4.69, 9.17) is 4.74 Å². The molecule has 2 aromatic rings. The number of pyridine rings is 1. The van der Waals surface area contributed by atoms with Crippen molar-refractivity contribution in [2.45, 2.75) is 13.5 Å². The minimum Gasteiger partial charge on any atom is -0.380 e. The van der Waals surface area contributed by atoms with Crippen molar-refractivity contribution in [3.63, 3.8) is 0 Å². The number of rotatable bonds is 5. The maximum Gasteiger partial charge on any atom is 0.200 e. The number of hydrogen-bond acceptors (Lipinski definition) is 5. The Morgan fingerprint density at radius 2 is 2.33 bits per heavy atom. The molecule has 0 aliphatic carbocycles. The third-order valence-electron chi connectivity index (χ3n) is 2.41. The number of allylic oxidation sites excluding steroid dienone is 1. The average Bonchev–Trinajstić information content (AvgIpc) is 2.86. The largest absolute Gasteiger partial charge is 0.380 e. The van der Waals surface area contributed by atoms with E-state index < -0.39 is 0 Å². The second-order valence-electron chi connectivity index (χ2n) is 3.88. The highest BCUT2D eigenvalue weighted by Crippen LogP contribution is 2.11. The van der Waals surface area contributed by atoms with Crippen LogP contribution in [-0.2, 0) is 11.3 Å². The lowest BCUT2D eigenvalue weighted by molar-refractivity contribution is 0.225. The van der Waals surface area contributed by atoms with Crippen molar-refractivity contribution >= 4 is 0 Å². The first-order chi connectivity index (χ1) is 8.81. The van der Waals surface area contributed by atoms with E-state index in [-0.39, 0.29) is 0 Å². The molecule has 0 N–H and O–H groups in total. The lowest BCUT2D eigenvalue weighted by Crippen LogP contribution is -2.03. The predicted molar refractivity (Wildman–Crippen MR) is 66.7 cm³/mol. The predicted octanol–water partition coefficient (Wildman–Crippen LogP) is 1.33. The second kappa shape index (κ2) is 6.02. The Bertz CT molecular complexity index is 520. The number of tetrazole rings is 1. The van der Waals surface area contributed by atoms with Gasteiger partial charge < -0.3 is 4.74 Å². The number of nitrogens with zero attached hydrogens (tertiary/aromatic N) is 5. The van der Waals surface area contributed by atoms with Gasteiger partial charge in [0.25, 0.3) is 0 Å². The Morgan fingerprint density at radius 3 is 3.06 bits per heavy atom. The number of methoxy groups -OCH3 is 1. The van der Waals surface area contributed by atoms with Crippen LogP contribution < -0.4 is 0 Å². The maximum atomic E-state index is 5.05. The molecule has 6 heteroatoms. The van der Waals surface area contributed by atoms with Gasteiger partial charge in [0.15, 0.2) is 0 Å². The molecule has 6 nitrogen and oxygen atoms in total. The molecular weight excluding hydrogens is 230 g/mol. The molecule has 2 rings (SSSR count). The van der Waals surface area contributed by atoms with E-state index in [1.807, 2.05) is 31.2 Å². The van der Waals surface area contributed by atoms with Gasteiger partial charge >= 0.3 is 0 Å². The number of aromatic nitrogens is 5. The van der Waals surface area contributed by atoms with Gasteiger partial charge in [-0.25, -0.2) is 4.68 Å². The molecule has 0 aliphatic heterocycles. The Hall–Kier alpha value is -2.08. The summed E-state index contributed by atoms with van der Waals surface area (Å²) < 4.78 is 6.76. The Kier molecular flexibility index (Phi) is 4.14. The molecule has 2 heterocycles. The molecule has 0 aliphatic rings. The molecule has 0 radical (unpaired) electrons. The van der Waals surface area contributed by atoms with Crippen LogP contribution >= 0.6 is 0 Å². The van der Waals surface area contributed by atoms with E-state index in [1.165, 1.54) is 0 Å². The summed E-state index contributed by atoms with van der Waals surface area (Å²) in [5.41, 5.74) is 1.90. The van der Waals surface area contributed by atoms with Crippen molar-refractivity contribution < 1.29 is 4.74 Å². The molecular formula is C12H15N5O. The summed E-state index contributed by atoms with van der Waals surface area (Å²) in [5, 5.41) is 11.6. The van der Waals surface area contributed by atoms with Gasteiger partial charge in [0, 0.05) is 13.3 Å². The zero-order chi connectivity index (χ0) is 12.8. The van der Waals surface area contributed by atoms with Crippen LogP contribution in [0.5, 0.6) is 0 Å². The molecule has 0 bridgehead atoms. The third kappa shape index (κ3) is 2.98. The fraction of sp³-hybridized carbons (Fsp3) is 0.333. The van der Waals surface area contributed by atoms with E-state index in [0.29, 0.717) is 19.0 Å². The maximum absolute atomic E-state index is 5.05. The molecule has 0 atom stereocenters. The normalized spacial score (nSPS) is 11.8. The van der Waals surface area contributed by atoms with Crippen LogP contribution in [0.1, 0.15) is 6.92 Å². The Morgan fingerprint density at radius 1 is 1.44 bits per heavy atom. The Balaban J connectivity index is 2.16. The molecule has 0 unspecified atom stereocenters. The molecule has 0 fully saturated rings. The quantitative estimate of drug-likeness (QED) is 0.743. The minimum absolute atomic E-state index is 0.605. The standard InChI is InChI=1S/C12H15N5O/c1-10(9-18-2)6-8-17-12(14-15-16-17)11-5-3-4-7-13-11/h3-7H,8-9H2,1-2H3/b10-6+. The van der Waals surface area contributed by atoms with Gasteiger partial charge in [-0.05, 0) is 35.1 Å². The highest BCUT2D eigenvalue weighted by molar-refractivity contribution is 5.47. The van der Waals surface area contributed by atoms with Crippen LogP contribution in [0.4, 0.5) is 0 Å². The summed E-state index contributed by atoms with van der Waals surface area (Å²) in [7, 11) is 1.67. The van der Waals surface area contributed by atoms with Crippen LogP contribution in [0.2, 0.25) is 0 Å². The van der Waals surface area contributed by atoms with Gasteiger partial charge in [0.1, 0.15) is 5.69 Å². The molecule has 94 valence electrons. The van der Waals surface area contributed by atoms with Gasteiger partial charge in [-0.15, -0.1) is 5.10 Å². The van der Waals surface area contributed by atoms with Gasteiger partial charge in [-0.3, -0.25) is 4.98 Å². The molecule has 2 aromatic heterocycles. The van der Waals surface area contributed by atoms with Crippen molar-refractivity contribution in [3.05, 3.63) is 36.0 Å². The van der Waals surface area contributed by atoms with Crippen LogP contribution in [-0.4, -0.2) is 38.9 Å². The monoisotopic (exact) mass is 245 g/mol. The second-order valence-corrected chi connectivity index (χ2v) is 3.88. The first-order valence-electron chi connectivity index (χ1n) is 5.63. The van der Waals surface area contributed by atoms with E-state index >= 15 is 0 Å². The summed E-state index contributed by atoms with van der Waals surface area (Å²) in [6.07, 6.45) is 3.76. The molecule has 0 aromatic carbocycles. The van der Waals surface area contributed by atoms with Gasteiger partial charge in [0.05, 0.1) is 13.2 Å². The topological polar surface area (TPSA) is 65.7 Å². The first-order valence-corrected chi connectivity index (χ1v) is 5.63. The zero-order valence-electron chi connectivity index (χ0n) is 10.4. The van der Waals surface area contributed by atoms with E-state index in [2.05, 4.69) is 20.5 Å². The minimum atomic E-state index is 0.605. The molecule has 0 amide bonds. The highest BCUT2D eigenvalue weighted by atomic mass is 16.5. The van der Waals surface area contributed by atoms with Crippen LogP contribution in [0.3, 0.4) is 0 Å². The van der Waals surface area contributed by atoms with E-state index in [9.17, 15) is 0 Å². The van der Waals surface area contributed by atoms with Crippen LogP contribution in [0, 0.1) is 0 Å². The number of hydrogen-bond donors (Lipinski definition) is 0. The average molecular weight is 245 g/mol. The third-order valence-corrected chi connectivity index (χ3v) is 2.41. The van der Waals surface area contributed by atoms with Crippen molar-refractivity contribution in [1.82, 2.24) is 25.2 Å². The molecule has 0 saturated heterocycles. The van der Waals surface area contributed by atoms with Crippen molar-refractivity contribution in [2.24, 2.45) is 0 Å². The van der Waals surface area contributed by atoms with Gasteiger partial charge in [-0.1, -0.05) is 12.1 Å². The van der Waals surface area contributed by atoms with Gasteiger partial charge in [0.2, 0.25) is 5.82 Å². The smallest absolute Gasteiger partial charge is 0.200 e. The number of ether oxygens (including phenoxy) is 1. The zero-order valence-corrected chi connectivity index (χ0v) is 10.4. The molecule has 18 heavy (non-hydrogen) atoms. The fourth-order valence-electron chi connectivity index (χ4n) is 1.53. The molecule has 0 saturated carbocycles. The SMILES string of the molecule is COC/C(C)=C/Cn1nnnc1-c1ccccn1. The van der Waals surface area contributed by atoms with Crippen LogP contribution in [0.15, 0.2) is 36.0 Å². The van der Waals surface area contributed by atoms with Crippen molar-refractivity contribution in [2.75, 3.05) is 13.7 Å². The summed E-state index contributed by atoms with van der Waals surface area (Å²) >= 11 is 0. The van der Waals surface area contributed by atoms with E-state index in [1.54, 1.807) is 18.0 Å².